The molecular formula is C22H21F3N2O. The Labute approximate surface area is 161 Å². The highest BCUT2D eigenvalue weighted by atomic mass is 19.4. The lowest BCUT2D eigenvalue weighted by Gasteiger charge is -2.12. The zero-order valence-electron chi connectivity index (χ0n) is 15.7. The number of nitrogens with one attached hydrogen (secondary N) is 2. The molecular weight excluding hydrogens is 365 g/mol. The van der Waals surface area contributed by atoms with Gasteiger partial charge in [0.05, 0.1) is 5.56 Å². The number of H-pyrrole nitrogens is 1. The highest BCUT2D eigenvalue weighted by Gasteiger charge is 2.47. The maximum absolute atomic E-state index is 13.2. The second kappa shape index (κ2) is 6.69. The number of halogens is 3. The van der Waals surface area contributed by atoms with E-state index in [0.29, 0.717) is 13.0 Å². The van der Waals surface area contributed by atoms with Gasteiger partial charge in [-0.3, -0.25) is 4.79 Å². The molecule has 4 rings (SSSR count). The molecule has 1 aliphatic rings. The summed E-state index contributed by atoms with van der Waals surface area (Å²) in [4.78, 5) is 15.8. The minimum Gasteiger partial charge on any atom is -0.358 e. The zero-order chi connectivity index (χ0) is 20.1. The van der Waals surface area contributed by atoms with Crippen LogP contribution in [0.1, 0.15) is 40.3 Å². The van der Waals surface area contributed by atoms with Crippen molar-refractivity contribution in [2.45, 2.75) is 38.9 Å². The third-order valence-corrected chi connectivity index (χ3v) is 5.63. The van der Waals surface area contributed by atoms with E-state index in [1.165, 1.54) is 17.7 Å². The third kappa shape index (κ3) is 3.39. The SMILES string of the molecule is Cc1[nH]c2ccc(CNC(=O)C3CC3c3ccccc3C(F)(F)F)cc2c1C. The minimum atomic E-state index is -4.40. The predicted octanol–water partition coefficient (Wildman–Crippen LogP) is 5.22. The van der Waals surface area contributed by atoms with Gasteiger partial charge in [0.1, 0.15) is 0 Å². The number of amides is 1. The number of carbonyl (C=O) groups excluding carboxylic acids is 1. The molecule has 0 saturated heterocycles. The van der Waals surface area contributed by atoms with Crippen LogP contribution in [0.15, 0.2) is 42.5 Å². The van der Waals surface area contributed by atoms with Gasteiger partial charge in [-0.1, -0.05) is 24.3 Å². The summed E-state index contributed by atoms with van der Waals surface area (Å²) in [5.74, 6) is -0.956. The van der Waals surface area contributed by atoms with Crippen LogP contribution in [-0.2, 0) is 17.5 Å². The van der Waals surface area contributed by atoms with Gasteiger partial charge in [0.15, 0.2) is 0 Å². The fraction of sp³-hybridized carbons (Fsp3) is 0.318. The molecule has 0 spiro atoms. The second-order valence-corrected chi connectivity index (χ2v) is 7.51. The number of rotatable bonds is 4. The smallest absolute Gasteiger partial charge is 0.358 e. The number of fused-ring (bicyclic) bond motifs is 1. The molecule has 1 amide bonds. The molecule has 0 radical (unpaired) electrons. The largest absolute Gasteiger partial charge is 0.416 e. The fourth-order valence-electron chi connectivity index (χ4n) is 3.85. The van der Waals surface area contributed by atoms with E-state index in [1.807, 2.05) is 32.0 Å². The van der Waals surface area contributed by atoms with E-state index in [9.17, 15) is 18.0 Å². The maximum Gasteiger partial charge on any atom is 0.416 e. The summed E-state index contributed by atoms with van der Waals surface area (Å²) in [6, 6.07) is 11.5. The van der Waals surface area contributed by atoms with Gasteiger partial charge in [-0.2, -0.15) is 13.2 Å². The Morgan fingerprint density at radius 3 is 2.68 bits per heavy atom. The van der Waals surface area contributed by atoms with E-state index in [4.69, 9.17) is 0 Å². The molecule has 0 bridgehead atoms. The van der Waals surface area contributed by atoms with Crippen molar-refractivity contribution in [3.63, 3.8) is 0 Å². The Morgan fingerprint density at radius 2 is 1.93 bits per heavy atom. The van der Waals surface area contributed by atoms with Crippen LogP contribution in [0.25, 0.3) is 10.9 Å². The second-order valence-electron chi connectivity index (χ2n) is 7.51. The standard InChI is InChI=1S/C22H21F3N2O/c1-12-13(2)27-20-8-7-14(9-16(12)20)11-26-21(28)18-10-17(18)15-5-3-4-6-19(15)22(23,24)25/h3-9,17-18,27H,10-11H2,1-2H3,(H,26,28). The normalized spacial score (nSPS) is 19.0. The number of benzene rings is 2. The van der Waals surface area contributed by atoms with E-state index in [-0.39, 0.29) is 17.4 Å². The van der Waals surface area contributed by atoms with E-state index in [0.717, 1.165) is 28.2 Å². The average Bonchev–Trinajstić information content (AvgIpc) is 3.41. The van der Waals surface area contributed by atoms with Gasteiger partial charge in [-0.25, -0.2) is 0 Å². The Hall–Kier alpha value is -2.76. The lowest BCUT2D eigenvalue weighted by atomic mass is 10.0. The molecule has 146 valence electrons. The van der Waals surface area contributed by atoms with Crippen LogP contribution in [0.2, 0.25) is 0 Å². The van der Waals surface area contributed by atoms with E-state index in [1.54, 1.807) is 6.07 Å². The Balaban J connectivity index is 1.43. The van der Waals surface area contributed by atoms with Gasteiger partial charge in [0.2, 0.25) is 5.91 Å². The van der Waals surface area contributed by atoms with Gasteiger partial charge in [-0.15, -0.1) is 0 Å². The van der Waals surface area contributed by atoms with Crippen molar-refractivity contribution >= 4 is 16.8 Å². The summed E-state index contributed by atoms with van der Waals surface area (Å²) in [6.45, 7) is 4.43. The minimum absolute atomic E-state index is 0.191. The number of carbonyl (C=O) groups is 1. The Kier molecular flexibility index (Phi) is 4.44. The van der Waals surface area contributed by atoms with E-state index in [2.05, 4.69) is 10.3 Å². The quantitative estimate of drug-likeness (QED) is 0.634. The van der Waals surface area contributed by atoms with Gasteiger partial charge in [0, 0.05) is 29.1 Å². The first-order chi connectivity index (χ1) is 13.3. The summed E-state index contributed by atoms with van der Waals surface area (Å²) in [6.07, 6.45) is -3.95. The van der Waals surface area contributed by atoms with Crippen LogP contribution < -0.4 is 5.32 Å². The number of alkyl halides is 3. The van der Waals surface area contributed by atoms with E-state index >= 15 is 0 Å². The maximum atomic E-state index is 13.2. The number of aryl methyl sites for hydroxylation is 2. The summed E-state index contributed by atoms with van der Waals surface area (Å²) in [7, 11) is 0. The first kappa shape index (κ1) is 18.6. The molecule has 2 atom stereocenters. The molecule has 2 unspecified atom stereocenters. The molecule has 28 heavy (non-hydrogen) atoms. The summed E-state index contributed by atoms with van der Waals surface area (Å²) >= 11 is 0. The summed E-state index contributed by atoms with van der Waals surface area (Å²) < 4.78 is 39.6. The van der Waals surface area contributed by atoms with Gasteiger partial charge >= 0.3 is 6.18 Å². The number of hydrogen-bond donors (Lipinski definition) is 2. The lowest BCUT2D eigenvalue weighted by Crippen LogP contribution is -2.25. The third-order valence-electron chi connectivity index (χ3n) is 5.63. The fourth-order valence-corrected chi connectivity index (χ4v) is 3.85. The Morgan fingerprint density at radius 1 is 1.18 bits per heavy atom. The molecule has 2 N–H and O–H groups in total. The van der Waals surface area contributed by atoms with Crippen LogP contribution in [0.4, 0.5) is 13.2 Å². The van der Waals surface area contributed by atoms with Crippen LogP contribution in [0, 0.1) is 19.8 Å². The lowest BCUT2D eigenvalue weighted by molar-refractivity contribution is -0.138. The topological polar surface area (TPSA) is 44.9 Å². The molecule has 3 nitrogen and oxygen atoms in total. The van der Waals surface area contributed by atoms with Crippen molar-refractivity contribution < 1.29 is 18.0 Å². The first-order valence-electron chi connectivity index (χ1n) is 9.27. The summed E-state index contributed by atoms with van der Waals surface area (Å²) in [5, 5.41) is 4.00. The highest BCUT2D eigenvalue weighted by molar-refractivity contribution is 5.86. The number of aromatic amines is 1. The predicted molar refractivity (Wildman–Crippen MR) is 102 cm³/mol. The van der Waals surface area contributed by atoms with Crippen LogP contribution in [-0.4, -0.2) is 10.9 Å². The molecule has 1 aromatic heterocycles. The van der Waals surface area contributed by atoms with Gasteiger partial charge in [0.25, 0.3) is 0 Å². The molecule has 6 heteroatoms. The molecule has 1 heterocycles. The highest BCUT2D eigenvalue weighted by Crippen LogP contribution is 2.51. The summed E-state index contributed by atoms with van der Waals surface area (Å²) in [5.41, 5.74) is 3.88. The van der Waals surface area contributed by atoms with Crippen LogP contribution in [0.5, 0.6) is 0 Å². The van der Waals surface area contributed by atoms with E-state index < -0.39 is 17.7 Å². The average molecular weight is 386 g/mol. The van der Waals surface area contributed by atoms with Crippen molar-refractivity contribution in [2.24, 2.45) is 5.92 Å². The molecule has 1 aliphatic carbocycles. The molecule has 2 aromatic carbocycles. The molecule has 1 fully saturated rings. The molecule has 3 aromatic rings. The number of aromatic nitrogens is 1. The van der Waals surface area contributed by atoms with Crippen LogP contribution in [0.3, 0.4) is 0 Å². The molecule has 0 aliphatic heterocycles. The number of hydrogen-bond acceptors (Lipinski definition) is 1. The van der Waals surface area contributed by atoms with Gasteiger partial charge < -0.3 is 10.3 Å². The molecule has 1 saturated carbocycles. The van der Waals surface area contributed by atoms with Crippen molar-refractivity contribution in [2.75, 3.05) is 0 Å². The monoisotopic (exact) mass is 386 g/mol. The van der Waals surface area contributed by atoms with Crippen molar-refractivity contribution in [3.8, 4) is 0 Å². The zero-order valence-corrected chi connectivity index (χ0v) is 15.7. The van der Waals surface area contributed by atoms with Crippen molar-refractivity contribution in [1.82, 2.24) is 10.3 Å². The van der Waals surface area contributed by atoms with Crippen LogP contribution >= 0.6 is 0 Å². The Bertz CT molecular complexity index is 1050. The van der Waals surface area contributed by atoms with Gasteiger partial charge in [-0.05, 0) is 61.1 Å². The van der Waals surface area contributed by atoms with Crippen molar-refractivity contribution in [3.05, 3.63) is 70.4 Å². The van der Waals surface area contributed by atoms with Crippen molar-refractivity contribution in [1.29, 1.82) is 0 Å². The first-order valence-corrected chi connectivity index (χ1v) is 9.27.